The van der Waals surface area contributed by atoms with Crippen LogP contribution in [0.15, 0.2) is 67.1 Å². The number of rotatable bonds is 8. The van der Waals surface area contributed by atoms with Crippen molar-refractivity contribution in [3.05, 3.63) is 72.7 Å². The smallest absolute Gasteiger partial charge is 0.256 e. The Balaban J connectivity index is 1.26. The number of anilines is 2. The van der Waals surface area contributed by atoms with Gasteiger partial charge in [0.15, 0.2) is 5.65 Å². The summed E-state index contributed by atoms with van der Waals surface area (Å²) in [6.07, 6.45) is 10.4. The number of nitrogen functional groups attached to an aromatic ring is 1. The molecule has 0 unspecified atom stereocenters. The van der Waals surface area contributed by atoms with Crippen molar-refractivity contribution in [2.75, 3.05) is 31.2 Å². The van der Waals surface area contributed by atoms with Gasteiger partial charge in [0.25, 0.3) is 5.91 Å². The highest BCUT2D eigenvalue weighted by Gasteiger charge is 2.32. The first kappa shape index (κ1) is 25.6. The normalized spacial score (nSPS) is 17.2. The highest BCUT2D eigenvalue weighted by Crippen LogP contribution is 2.35. The van der Waals surface area contributed by atoms with Crippen LogP contribution in [0.25, 0.3) is 22.3 Å². The number of nitrogens with zero attached hydrogens (tertiary/aromatic N) is 7. The van der Waals surface area contributed by atoms with E-state index >= 15 is 0 Å². The van der Waals surface area contributed by atoms with Crippen molar-refractivity contribution in [3.8, 4) is 11.3 Å². The average molecular weight is 538 g/mol. The molecule has 11 heteroatoms. The van der Waals surface area contributed by atoms with Gasteiger partial charge in [0.1, 0.15) is 29.8 Å². The molecular formula is C29H31N9O2. The Morgan fingerprint density at radius 3 is 2.67 bits per heavy atom. The number of likely N-dealkylation sites (N-methyl/N-ethyl adjacent to an activating group) is 1. The van der Waals surface area contributed by atoms with Crippen molar-refractivity contribution in [1.82, 2.24) is 34.5 Å². The van der Waals surface area contributed by atoms with E-state index in [1.54, 1.807) is 41.2 Å². The summed E-state index contributed by atoms with van der Waals surface area (Å²) < 4.78 is 1.79. The van der Waals surface area contributed by atoms with Gasteiger partial charge < -0.3 is 16.0 Å². The Labute approximate surface area is 231 Å². The molecule has 6 rings (SSSR count). The predicted octanol–water partition coefficient (Wildman–Crippen LogP) is 3.49. The van der Waals surface area contributed by atoms with Crippen LogP contribution in [-0.4, -0.2) is 72.5 Å². The Morgan fingerprint density at radius 1 is 1.10 bits per heavy atom. The molecule has 40 heavy (non-hydrogen) atoms. The van der Waals surface area contributed by atoms with Crippen LogP contribution in [-0.2, 0) is 4.79 Å². The van der Waals surface area contributed by atoms with E-state index in [1.165, 1.54) is 19.2 Å². The molecule has 1 saturated heterocycles. The molecule has 204 valence electrons. The van der Waals surface area contributed by atoms with E-state index in [-0.39, 0.29) is 18.0 Å². The number of likely N-dealkylation sites (tertiary alicyclic amines) is 1. The third-order valence-electron chi connectivity index (χ3n) is 7.46. The SMILES string of the molecule is CN(CC=CC(=O)N1CCC[C@H]1n1nc(-c2ccc(C(=O)Nc3ccccn3)cc2)c2c(N)ncnc21)C1CC1. The Bertz CT molecular complexity index is 1560. The van der Waals surface area contributed by atoms with E-state index in [4.69, 9.17) is 10.8 Å². The summed E-state index contributed by atoms with van der Waals surface area (Å²) in [6.45, 7) is 1.40. The van der Waals surface area contributed by atoms with Crippen LogP contribution in [0.2, 0.25) is 0 Å². The molecule has 4 heterocycles. The van der Waals surface area contributed by atoms with E-state index in [2.05, 4.69) is 32.2 Å². The van der Waals surface area contributed by atoms with Gasteiger partial charge in [-0.15, -0.1) is 0 Å². The highest BCUT2D eigenvalue weighted by molar-refractivity contribution is 6.04. The molecule has 1 atom stereocenters. The fourth-order valence-electron chi connectivity index (χ4n) is 5.15. The molecule has 0 spiro atoms. The summed E-state index contributed by atoms with van der Waals surface area (Å²) in [6, 6.07) is 13.1. The molecule has 1 aliphatic heterocycles. The van der Waals surface area contributed by atoms with Crippen molar-refractivity contribution in [3.63, 3.8) is 0 Å². The molecule has 4 aromatic rings. The van der Waals surface area contributed by atoms with Gasteiger partial charge in [-0.1, -0.05) is 24.3 Å². The summed E-state index contributed by atoms with van der Waals surface area (Å²) in [5, 5.41) is 8.32. The molecule has 3 N–H and O–H groups in total. The van der Waals surface area contributed by atoms with Crippen LogP contribution in [0.4, 0.5) is 11.6 Å². The van der Waals surface area contributed by atoms with E-state index in [0.717, 1.165) is 24.9 Å². The van der Waals surface area contributed by atoms with E-state index < -0.39 is 0 Å². The van der Waals surface area contributed by atoms with Gasteiger partial charge in [-0.2, -0.15) is 5.10 Å². The van der Waals surface area contributed by atoms with Gasteiger partial charge in [-0.05, 0) is 57.0 Å². The number of amides is 2. The second-order valence-electron chi connectivity index (χ2n) is 10.2. The standard InChI is InChI=1S/C29H31N9O2/c1-36(21-13-14-21)16-5-8-24(39)37-17-4-7-23(37)38-28-25(27(30)32-18-33-28)26(35-38)19-9-11-20(12-10-19)29(40)34-22-6-2-3-15-31-22/h2-3,5-6,8-12,15,18,21,23H,4,7,13-14,16-17H2,1H3,(H2,30,32,33)(H,31,34,40)/t23-/m1/s1. The monoisotopic (exact) mass is 537 g/mol. The topological polar surface area (TPSA) is 135 Å². The third-order valence-corrected chi connectivity index (χ3v) is 7.46. The second kappa shape index (κ2) is 10.9. The van der Waals surface area contributed by atoms with E-state index in [9.17, 15) is 9.59 Å². The van der Waals surface area contributed by atoms with Crippen molar-refractivity contribution in [2.24, 2.45) is 0 Å². The van der Waals surface area contributed by atoms with Crippen LogP contribution in [0, 0.1) is 0 Å². The van der Waals surface area contributed by atoms with E-state index in [0.29, 0.717) is 46.5 Å². The minimum Gasteiger partial charge on any atom is -0.383 e. The number of nitrogens with one attached hydrogen (secondary N) is 1. The van der Waals surface area contributed by atoms with Crippen LogP contribution < -0.4 is 11.1 Å². The molecule has 2 amide bonds. The Kier molecular flexibility index (Phi) is 6.95. The summed E-state index contributed by atoms with van der Waals surface area (Å²) in [4.78, 5) is 42.8. The van der Waals surface area contributed by atoms with Crippen molar-refractivity contribution >= 4 is 34.5 Å². The predicted molar refractivity (Wildman–Crippen MR) is 152 cm³/mol. The summed E-state index contributed by atoms with van der Waals surface area (Å²) in [5.74, 6) is 0.482. The minimum atomic E-state index is -0.285. The van der Waals surface area contributed by atoms with Gasteiger partial charge >= 0.3 is 0 Å². The maximum absolute atomic E-state index is 13.2. The lowest BCUT2D eigenvalue weighted by molar-refractivity contribution is -0.128. The number of carbonyl (C=O) groups is 2. The van der Waals surface area contributed by atoms with Gasteiger partial charge in [0.2, 0.25) is 5.91 Å². The minimum absolute atomic E-state index is 0.0396. The van der Waals surface area contributed by atoms with Gasteiger partial charge in [-0.3, -0.25) is 14.5 Å². The maximum atomic E-state index is 13.2. The summed E-state index contributed by atoms with van der Waals surface area (Å²) in [7, 11) is 2.09. The number of fused-ring (bicyclic) bond motifs is 1. The van der Waals surface area contributed by atoms with Crippen molar-refractivity contribution in [1.29, 1.82) is 0 Å². The third kappa shape index (κ3) is 5.15. The second-order valence-corrected chi connectivity index (χ2v) is 10.2. The average Bonchev–Trinajstić information content (AvgIpc) is 3.58. The molecule has 11 nitrogen and oxygen atoms in total. The van der Waals surface area contributed by atoms with Crippen LogP contribution in [0.5, 0.6) is 0 Å². The van der Waals surface area contributed by atoms with Crippen LogP contribution in [0.3, 0.4) is 0 Å². The molecule has 1 saturated carbocycles. The zero-order chi connectivity index (χ0) is 27.6. The van der Waals surface area contributed by atoms with Gasteiger partial charge in [-0.25, -0.2) is 19.6 Å². The number of nitrogens with two attached hydrogens (primary N) is 1. The van der Waals surface area contributed by atoms with Crippen LogP contribution in [0.1, 0.15) is 42.2 Å². The lowest BCUT2D eigenvalue weighted by atomic mass is 10.1. The molecular weight excluding hydrogens is 506 g/mol. The zero-order valence-electron chi connectivity index (χ0n) is 22.3. The quantitative estimate of drug-likeness (QED) is 0.326. The van der Waals surface area contributed by atoms with E-state index in [1.807, 2.05) is 29.2 Å². The first-order valence-corrected chi connectivity index (χ1v) is 13.5. The molecule has 1 aromatic carbocycles. The molecule has 3 aromatic heterocycles. The largest absolute Gasteiger partial charge is 0.383 e. The lowest BCUT2D eigenvalue weighted by Crippen LogP contribution is -2.33. The zero-order valence-corrected chi connectivity index (χ0v) is 22.3. The van der Waals surface area contributed by atoms with Crippen molar-refractivity contribution < 1.29 is 9.59 Å². The fraction of sp³-hybridized carbons (Fsp3) is 0.310. The molecule has 0 radical (unpaired) electrons. The number of hydrogen-bond acceptors (Lipinski definition) is 8. The number of benzene rings is 1. The number of hydrogen-bond donors (Lipinski definition) is 2. The first-order chi connectivity index (χ1) is 19.5. The molecule has 0 bridgehead atoms. The van der Waals surface area contributed by atoms with Gasteiger partial charge in [0.05, 0.1) is 5.39 Å². The maximum Gasteiger partial charge on any atom is 0.256 e. The number of carbonyl (C=O) groups excluding carboxylic acids is 2. The first-order valence-electron chi connectivity index (χ1n) is 13.5. The number of pyridine rings is 1. The van der Waals surface area contributed by atoms with Crippen molar-refractivity contribution in [2.45, 2.75) is 37.9 Å². The number of aromatic nitrogens is 5. The fourth-order valence-corrected chi connectivity index (χ4v) is 5.15. The van der Waals surface area contributed by atoms with Crippen LogP contribution >= 0.6 is 0 Å². The highest BCUT2D eigenvalue weighted by atomic mass is 16.2. The summed E-state index contributed by atoms with van der Waals surface area (Å²) >= 11 is 0. The molecule has 2 fully saturated rings. The molecule has 2 aliphatic rings. The molecule has 1 aliphatic carbocycles. The summed E-state index contributed by atoms with van der Waals surface area (Å²) in [5.41, 5.74) is 8.73. The van der Waals surface area contributed by atoms with Gasteiger partial charge in [0, 0.05) is 42.5 Å². The lowest BCUT2D eigenvalue weighted by Gasteiger charge is -2.24. The Hall–Kier alpha value is -4.64. The Morgan fingerprint density at radius 2 is 1.93 bits per heavy atom.